The van der Waals surface area contributed by atoms with E-state index in [0.29, 0.717) is 43.2 Å². The Morgan fingerprint density at radius 1 is 1.22 bits per heavy atom. The van der Waals surface area contributed by atoms with Crippen LogP contribution in [0.5, 0.6) is 0 Å². The Kier molecular flexibility index (Phi) is 5.65. The average molecular weight is 390 g/mol. The second-order valence-electron chi connectivity index (χ2n) is 5.80. The van der Waals surface area contributed by atoms with Gasteiger partial charge in [-0.1, -0.05) is 11.3 Å². The molecule has 2 aromatic heterocycles. The number of ether oxygens (including phenoxy) is 1. The number of carbonyl (C=O) groups excluding carboxylic acids is 2. The minimum absolute atomic E-state index is 0.0390. The highest BCUT2D eigenvalue weighted by Crippen LogP contribution is 2.25. The largest absolute Gasteiger partial charge is 0.462 e. The first-order valence-electron chi connectivity index (χ1n) is 8.41. The number of carbonyl (C=O) groups is 2. The fraction of sp³-hybridized carbons (Fsp3) is 0.353. The van der Waals surface area contributed by atoms with Crippen LogP contribution in [0.2, 0.25) is 0 Å². The summed E-state index contributed by atoms with van der Waals surface area (Å²) in [5.74, 6) is 0.122. The van der Waals surface area contributed by atoms with Crippen LogP contribution in [0, 0.1) is 10.1 Å². The van der Waals surface area contributed by atoms with Crippen molar-refractivity contribution in [2.45, 2.75) is 6.92 Å². The lowest BCUT2D eigenvalue weighted by atomic mass is 10.2. The Hall–Kier alpha value is -3.01. The van der Waals surface area contributed by atoms with E-state index in [0.717, 1.165) is 17.2 Å². The van der Waals surface area contributed by atoms with Gasteiger partial charge in [-0.25, -0.2) is 9.78 Å². The number of pyridine rings is 1. The molecule has 0 saturated carbocycles. The smallest absolute Gasteiger partial charge is 0.339 e. The summed E-state index contributed by atoms with van der Waals surface area (Å²) in [5.41, 5.74) is 0.397. The Morgan fingerprint density at radius 2 is 1.96 bits per heavy atom. The minimum Gasteiger partial charge on any atom is -0.462 e. The van der Waals surface area contributed by atoms with Gasteiger partial charge in [0, 0.05) is 38.4 Å². The fourth-order valence-corrected chi connectivity index (χ4v) is 3.53. The van der Waals surface area contributed by atoms with Crippen LogP contribution in [0.15, 0.2) is 30.5 Å². The predicted octanol–water partition coefficient (Wildman–Crippen LogP) is 2.19. The average Bonchev–Trinajstić information content (AvgIpc) is 3.18. The number of nitrogens with zero attached hydrogens (tertiary/aromatic N) is 4. The zero-order chi connectivity index (χ0) is 19.4. The number of anilines is 1. The summed E-state index contributed by atoms with van der Waals surface area (Å²) in [7, 11) is 0. The first kappa shape index (κ1) is 18.8. The minimum atomic E-state index is -0.495. The van der Waals surface area contributed by atoms with Gasteiger partial charge in [0.05, 0.1) is 22.0 Å². The van der Waals surface area contributed by atoms with Gasteiger partial charge in [-0.05, 0) is 25.1 Å². The van der Waals surface area contributed by atoms with E-state index in [-0.39, 0.29) is 10.9 Å². The first-order valence-corrected chi connectivity index (χ1v) is 9.23. The summed E-state index contributed by atoms with van der Waals surface area (Å²) in [6.45, 7) is 4.21. The molecule has 1 fully saturated rings. The fourth-order valence-electron chi connectivity index (χ4n) is 2.74. The Bertz CT molecular complexity index is 843. The van der Waals surface area contributed by atoms with Gasteiger partial charge in [0.1, 0.15) is 5.82 Å². The molecular formula is C17H18N4O5S. The molecule has 27 heavy (non-hydrogen) atoms. The highest BCUT2D eigenvalue weighted by Gasteiger charge is 2.25. The van der Waals surface area contributed by atoms with E-state index in [1.54, 1.807) is 24.0 Å². The van der Waals surface area contributed by atoms with E-state index in [1.165, 1.54) is 18.3 Å². The molecule has 0 aliphatic carbocycles. The molecule has 0 N–H and O–H groups in total. The van der Waals surface area contributed by atoms with Crippen LogP contribution in [0.3, 0.4) is 0 Å². The normalized spacial score (nSPS) is 14.1. The van der Waals surface area contributed by atoms with Crippen LogP contribution in [0.25, 0.3) is 0 Å². The van der Waals surface area contributed by atoms with Crippen molar-refractivity contribution in [1.82, 2.24) is 9.88 Å². The molecule has 0 bridgehead atoms. The number of aromatic nitrogens is 1. The van der Waals surface area contributed by atoms with E-state index >= 15 is 0 Å². The third-order valence-corrected chi connectivity index (χ3v) is 5.16. The third-order valence-electron chi connectivity index (χ3n) is 4.13. The maximum absolute atomic E-state index is 12.5. The van der Waals surface area contributed by atoms with Crippen LogP contribution < -0.4 is 4.90 Å². The maximum Gasteiger partial charge on any atom is 0.339 e. The number of nitro groups is 1. The molecule has 9 nitrogen and oxygen atoms in total. The Balaban J connectivity index is 1.58. The second-order valence-corrected chi connectivity index (χ2v) is 6.86. The van der Waals surface area contributed by atoms with Crippen molar-refractivity contribution in [1.29, 1.82) is 0 Å². The maximum atomic E-state index is 12.5. The number of thiophene rings is 1. The van der Waals surface area contributed by atoms with Gasteiger partial charge < -0.3 is 14.5 Å². The van der Waals surface area contributed by atoms with E-state index in [1.807, 2.05) is 4.90 Å². The van der Waals surface area contributed by atoms with Crippen molar-refractivity contribution in [3.8, 4) is 0 Å². The van der Waals surface area contributed by atoms with E-state index in [9.17, 15) is 19.7 Å². The molecule has 10 heteroatoms. The number of hydrogen-bond donors (Lipinski definition) is 0. The van der Waals surface area contributed by atoms with E-state index < -0.39 is 10.9 Å². The number of rotatable bonds is 5. The van der Waals surface area contributed by atoms with Crippen molar-refractivity contribution < 1.29 is 19.2 Å². The Morgan fingerprint density at radius 3 is 2.52 bits per heavy atom. The molecule has 0 atom stereocenters. The molecule has 142 valence electrons. The molecule has 3 rings (SSSR count). The van der Waals surface area contributed by atoms with Gasteiger partial charge in [0.2, 0.25) is 0 Å². The van der Waals surface area contributed by atoms with Gasteiger partial charge in [-0.2, -0.15) is 0 Å². The molecule has 3 heterocycles. The summed E-state index contributed by atoms with van der Waals surface area (Å²) in [4.78, 5) is 42.8. The molecule has 0 spiro atoms. The summed E-state index contributed by atoms with van der Waals surface area (Å²) < 4.78 is 4.93. The van der Waals surface area contributed by atoms with Crippen LogP contribution in [-0.2, 0) is 4.74 Å². The quantitative estimate of drug-likeness (QED) is 0.438. The van der Waals surface area contributed by atoms with Crippen LogP contribution in [-0.4, -0.2) is 59.5 Å². The molecule has 0 aromatic carbocycles. The molecule has 0 unspecified atom stereocenters. The zero-order valence-electron chi connectivity index (χ0n) is 14.7. The first-order chi connectivity index (χ1) is 13.0. The van der Waals surface area contributed by atoms with Gasteiger partial charge in [0.25, 0.3) is 5.91 Å². The molecule has 1 amide bonds. The monoisotopic (exact) mass is 390 g/mol. The summed E-state index contributed by atoms with van der Waals surface area (Å²) in [5, 5.41) is 10.7. The molecule has 0 radical (unpaired) electrons. The Labute approximate surface area is 159 Å². The topological polar surface area (TPSA) is 106 Å². The van der Waals surface area contributed by atoms with Gasteiger partial charge in [0.15, 0.2) is 0 Å². The van der Waals surface area contributed by atoms with Gasteiger partial charge in [-0.15, -0.1) is 0 Å². The van der Waals surface area contributed by atoms with E-state index in [2.05, 4.69) is 4.98 Å². The molecule has 1 aliphatic rings. The highest BCUT2D eigenvalue weighted by atomic mass is 32.1. The van der Waals surface area contributed by atoms with Crippen molar-refractivity contribution >= 4 is 34.0 Å². The van der Waals surface area contributed by atoms with Crippen molar-refractivity contribution in [3.63, 3.8) is 0 Å². The molecule has 1 saturated heterocycles. The second kappa shape index (κ2) is 8.12. The highest BCUT2D eigenvalue weighted by molar-refractivity contribution is 7.17. The van der Waals surface area contributed by atoms with Crippen molar-refractivity contribution in [3.05, 3.63) is 51.0 Å². The van der Waals surface area contributed by atoms with Gasteiger partial charge >= 0.3 is 11.0 Å². The van der Waals surface area contributed by atoms with Crippen LogP contribution in [0.1, 0.15) is 27.0 Å². The summed E-state index contributed by atoms with van der Waals surface area (Å²) in [6.07, 6.45) is 1.48. The van der Waals surface area contributed by atoms with Crippen LogP contribution >= 0.6 is 11.3 Å². The standard InChI is InChI=1S/C17H18N4O5S/c1-2-26-17(23)12-3-5-14(18-11-12)19-7-9-20(10-8-19)16(22)13-4-6-15(27-13)21(24)25/h3-6,11H,2,7-10H2,1H3. The molecule has 1 aliphatic heterocycles. The predicted molar refractivity (Wildman–Crippen MR) is 99.3 cm³/mol. The lowest BCUT2D eigenvalue weighted by Gasteiger charge is -2.35. The third kappa shape index (κ3) is 4.22. The van der Waals surface area contributed by atoms with Crippen molar-refractivity contribution in [2.24, 2.45) is 0 Å². The number of hydrogen-bond acceptors (Lipinski definition) is 8. The summed E-state index contributed by atoms with van der Waals surface area (Å²) >= 11 is 0.888. The SMILES string of the molecule is CCOC(=O)c1ccc(N2CCN(C(=O)c3ccc([N+](=O)[O-])s3)CC2)nc1. The van der Waals surface area contributed by atoms with Gasteiger partial charge in [-0.3, -0.25) is 14.9 Å². The summed E-state index contributed by atoms with van der Waals surface area (Å²) in [6, 6.07) is 6.27. The van der Waals surface area contributed by atoms with Crippen LogP contribution in [0.4, 0.5) is 10.8 Å². The zero-order valence-corrected chi connectivity index (χ0v) is 15.5. The number of piperazine rings is 1. The number of esters is 1. The lowest BCUT2D eigenvalue weighted by Crippen LogP contribution is -2.48. The molecule has 2 aromatic rings. The van der Waals surface area contributed by atoms with Crippen molar-refractivity contribution in [2.75, 3.05) is 37.7 Å². The van der Waals surface area contributed by atoms with E-state index in [4.69, 9.17) is 4.74 Å². The lowest BCUT2D eigenvalue weighted by molar-refractivity contribution is -0.380. The number of amides is 1. The molecular weight excluding hydrogens is 372 g/mol.